The second-order valence-electron chi connectivity index (χ2n) is 6.47. The van der Waals surface area contributed by atoms with Crippen LogP contribution in [0.4, 0.5) is 0 Å². The lowest BCUT2D eigenvalue weighted by atomic mass is 9.73. The summed E-state index contributed by atoms with van der Waals surface area (Å²) in [4.78, 5) is 4.53. The molecular weight excluding hydrogens is 226 g/mol. The predicted octanol–water partition coefficient (Wildman–Crippen LogP) is 2.95. The Labute approximate surface area is 108 Å². The Kier molecular flexibility index (Phi) is 2.93. The van der Waals surface area contributed by atoms with Crippen LogP contribution in [-0.2, 0) is 5.54 Å². The van der Waals surface area contributed by atoms with Crippen molar-refractivity contribution in [3.63, 3.8) is 0 Å². The molecule has 0 spiro atoms. The van der Waals surface area contributed by atoms with Gasteiger partial charge < -0.3 is 10.3 Å². The van der Waals surface area contributed by atoms with Gasteiger partial charge in [0.2, 0.25) is 5.89 Å². The van der Waals surface area contributed by atoms with E-state index < -0.39 is 0 Å². The summed E-state index contributed by atoms with van der Waals surface area (Å²) < 4.78 is 5.34. The van der Waals surface area contributed by atoms with Crippen LogP contribution in [0.25, 0.3) is 0 Å². The van der Waals surface area contributed by atoms with Crippen molar-refractivity contribution in [2.45, 2.75) is 63.8 Å². The monoisotopic (exact) mass is 249 g/mol. The molecule has 4 heteroatoms. The Bertz CT molecular complexity index is 414. The first-order chi connectivity index (χ1) is 8.58. The molecule has 1 aromatic heterocycles. The Balaban J connectivity index is 1.70. The van der Waals surface area contributed by atoms with Crippen LogP contribution in [-0.4, -0.2) is 10.1 Å². The normalized spacial score (nSPS) is 33.0. The van der Waals surface area contributed by atoms with Gasteiger partial charge in [0.15, 0.2) is 5.82 Å². The molecule has 1 heterocycles. The van der Waals surface area contributed by atoms with Crippen molar-refractivity contribution < 1.29 is 4.52 Å². The molecular formula is C14H23N3O. The maximum absolute atomic E-state index is 6.49. The zero-order chi connectivity index (χ0) is 12.8. The van der Waals surface area contributed by atoms with E-state index in [1.54, 1.807) is 0 Å². The molecule has 0 bridgehead atoms. The highest BCUT2D eigenvalue weighted by atomic mass is 16.5. The molecule has 18 heavy (non-hydrogen) atoms. The third-order valence-electron chi connectivity index (χ3n) is 4.68. The smallest absolute Gasteiger partial charge is 0.229 e. The average Bonchev–Trinajstić information content (AvgIpc) is 3.07. The van der Waals surface area contributed by atoms with E-state index in [1.165, 1.54) is 25.7 Å². The molecule has 2 aliphatic carbocycles. The van der Waals surface area contributed by atoms with Crippen LogP contribution >= 0.6 is 0 Å². The lowest BCUT2D eigenvalue weighted by molar-refractivity contribution is 0.185. The van der Waals surface area contributed by atoms with Gasteiger partial charge in [-0.05, 0) is 50.4 Å². The molecule has 4 nitrogen and oxygen atoms in total. The third kappa shape index (κ3) is 2.18. The lowest BCUT2D eigenvalue weighted by Gasteiger charge is -2.36. The molecule has 0 amide bonds. The fourth-order valence-corrected chi connectivity index (χ4v) is 2.98. The number of aromatic nitrogens is 2. The molecule has 0 aromatic carbocycles. The van der Waals surface area contributed by atoms with Crippen LogP contribution in [0, 0.1) is 11.8 Å². The predicted molar refractivity (Wildman–Crippen MR) is 68.9 cm³/mol. The first-order valence-corrected chi connectivity index (χ1v) is 7.21. The molecule has 2 fully saturated rings. The van der Waals surface area contributed by atoms with Gasteiger partial charge in [0.05, 0.1) is 5.54 Å². The number of nitrogens with zero attached hydrogens (tertiary/aromatic N) is 2. The second-order valence-corrected chi connectivity index (χ2v) is 6.47. The Morgan fingerprint density at radius 3 is 2.44 bits per heavy atom. The summed E-state index contributed by atoms with van der Waals surface area (Å²) in [6.45, 7) is 4.60. The zero-order valence-electron chi connectivity index (χ0n) is 11.4. The van der Waals surface area contributed by atoms with Gasteiger partial charge in [0.1, 0.15) is 0 Å². The van der Waals surface area contributed by atoms with Crippen molar-refractivity contribution in [2.24, 2.45) is 17.6 Å². The molecule has 3 rings (SSSR count). The van der Waals surface area contributed by atoms with Gasteiger partial charge in [-0.1, -0.05) is 19.0 Å². The number of rotatable bonds is 3. The van der Waals surface area contributed by atoms with Crippen molar-refractivity contribution in [1.82, 2.24) is 10.1 Å². The highest BCUT2D eigenvalue weighted by Crippen LogP contribution is 2.42. The molecule has 1 aromatic rings. The molecule has 0 aliphatic heterocycles. The topological polar surface area (TPSA) is 64.9 Å². The third-order valence-corrected chi connectivity index (χ3v) is 4.68. The molecule has 0 unspecified atom stereocenters. The summed E-state index contributed by atoms with van der Waals surface area (Å²) in [6.07, 6.45) is 6.71. The van der Waals surface area contributed by atoms with Gasteiger partial charge in [-0.15, -0.1) is 0 Å². The molecule has 2 saturated carbocycles. The molecule has 2 aliphatic rings. The van der Waals surface area contributed by atoms with Crippen LogP contribution in [0.5, 0.6) is 0 Å². The SMILES string of the molecule is CC(C)C1CCC(N)(c2noc(C3CC3)n2)CC1. The minimum Gasteiger partial charge on any atom is -0.339 e. The fourth-order valence-electron chi connectivity index (χ4n) is 2.98. The van der Waals surface area contributed by atoms with Crippen molar-refractivity contribution in [1.29, 1.82) is 0 Å². The van der Waals surface area contributed by atoms with Gasteiger partial charge in [-0.2, -0.15) is 4.98 Å². The summed E-state index contributed by atoms with van der Waals surface area (Å²) in [6, 6.07) is 0. The van der Waals surface area contributed by atoms with Crippen LogP contribution in [0.1, 0.15) is 70.0 Å². The van der Waals surface area contributed by atoms with Crippen molar-refractivity contribution in [3.8, 4) is 0 Å². The van der Waals surface area contributed by atoms with Crippen LogP contribution < -0.4 is 5.73 Å². The molecule has 0 radical (unpaired) electrons. The van der Waals surface area contributed by atoms with E-state index in [9.17, 15) is 0 Å². The van der Waals surface area contributed by atoms with E-state index in [-0.39, 0.29) is 5.54 Å². The van der Waals surface area contributed by atoms with E-state index >= 15 is 0 Å². The number of nitrogens with two attached hydrogens (primary N) is 1. The molecule has 0 saturated heterocycles. The van der Waals surface area contributed by atoms with E-state index in [1.807, 2.05) is 0 Å². The highest BCUT2D eigenvalue weighted by Gasteiger charge is 2.39. The van der Waals surface area contributed by atoms with Gasteiger partial charge in [-0.3, -0.25) is 0 Å². The lowest BCUT2D eigenvalue weighted by Crippen LogP contribution is -2.42. The summed E-state index contributed by atoms with van der Waals surface area (Å²) in [5.41, 5.74) is 6.15. The van der Waals surface area contributed by atoms with Crippen LogP contribution in [0.15, 0.2) is 4.52 Å². The summed E-state index contributed by atoms with van der Waals surface area (Å²) >= 11 is 0. The number of hydrogen-bond acceptors (Lipinski definition) is 4. The summed E-state index contributed by atoms with van der Waals surface area (Å²) in [5.74, 6) is 3.62. The van der Waals surface area contributed by atoms with E-state index in [0.29, 0.717) is 5.92 Å². The van der Waals surface area contributed by atoms with Gasteiger partial charge in [0.25, 0.3) is 0 Å². The average molecular weight is 249 g/mol. The second kappa shape index (κ2) is 4.34. The molecule has 0 atom stereocenters. The van der Waals surface area contributed by atoms with Crippen LogP contribution in [0.3, 0.4) is 0 Å². The number of hydrogen-bond donors (Lipinski definition) is 1. The van der Waals surface area contributed by atoms with Crippen molar-refractivity contribution in [2.75, 3.05) is 0 Å². The molecule has 2 N–H and O–H groups in total. The van der Waals surface area contributed by atoms with E-state index in [0.717, 1.165) is 36.4 Å². The Hall–Kier alpha value is -0.900. The van der Waals surface area contributed by atoms with Crippen LogP contribution in [0.2, 0.25) is 0 Å². The summed E-state index contributed by atoms with van der Waals surface area (Å²) in [5, 5.41) is 4.13. The fraction of sp³-hybridized carbons (Fsp3) is 0.857. The standard InChI is InChI=1S/C14H23N3O/c1-9(2)10-5-7-14(15,8-6-10)13-16-12(18-17-13)11-3-4-11/h9-11H,3-8,15H2,1-2H3. The van der Waals surface area contributed by atoms with Gasteiger partial charge in [0, 0.05) is 5.92 Å². The first kappa shape index (κ1) is 12.2. The first-order valence-electron chi connectivity index (χ1n) is 7.21. The maximum atomic E-state index is 6.49. The van der Waals surface area contributed by atoms with E-state index in [4.69, 9.17) is 10.3 Å². The quantitative estimate of drug-likeness (QED) is 0.894. The van der Waals surface area contributed by atoms with Crippen molar-refractivity contribution >= 4 is 0 Å². The molecule has 100 valence electrons. The highest BCUT2D eigenvalue weighted by molar-refractivity contribution is 5.09. The van der Waals surface area contributed by atoms with Gasteiger partial charge in [-0.25, -0.2) is 0 Å². The zero-order valence-corrected chi connectivity index (χ0v) is 11.4. The minimum atomic E-state index is -0.345. The Morgan fingerprint density at radius 1 is 1.22 bits per heavy atom. The minimum absolute atomic E-state index is 0.345. The summed E-state index contributed by atoms with van der Waals surface area (Å²) in [7, 11) is 0. The van der Waals surface area contributed by atoms with E-state index in [2.05, 4.69) is 24.0 Å². The largest absolute Gasteiger partial charge is 0.339 e. The van der Waals surface area contributed by atoms with Crippen molar-refractivity contribution in [3.05, 3.63) is 11.7 Å². The van der Waals surface area contributed by atoms with Gasteiger partial charge >= 0.3 is 0 Å². The maximum Gasteiger partial charge on any atom is 0.229 e. The Morgan fingerprint density at radius 2 is 1.89 bits per heavy atom.